The van der Waals surface area contributed by atoms with Crippen molar-refractivity contribution in [3.05, 3.63) is 24.3 Å². The number of aryl methyl sites for hydroxylation is 1. The van der Waals surface area contributed by atoms with E-state index in [1.807, 2.05) is 6.07 Å². The monoisotopic (exact) mass is 301 g/mol. The van der Waals surface area contributed by atoms with E-state index in [2.05, 4.69) is 20.7 Å². The zero-order valence-corrected chi connectivity index (χ0v) is 12.2. The van der Waals surface area contributed by atoms with Crippen LogP contribution >= 0.6 is 0 Å². The Kier molecular flexibility index (Phi) is 4.87. The van der Waals surface area contributed by atoms with Gasteiger partial charge in [-0.2, -0.15) is 10.1 Å². The molecular weight excluding hydrogens is 286 g/mol. The van der Waals surface area contributed by atoms with Crippen LogP contribution in [0.25, 0.3) is 0 Å². The van der Waals surface area contributed by atoms with Crippen LogP contribution in [0.1, 0.15) is 6.42 Å². The lowest BCUT2D eigenvalue weighted by Crippen LogP contribution is -2.27. The fraction of sp³-hybridized carbons (Fsp3) is 0.308. The minimum absolute atomic E-state index is 0.100. The molecule has 0 saturated heterocycles. The predicted octanol–water partition coefficient (Wildman–Crippen LogP) is 1.47. The van der Waals surface area contributed by atoms with Crippen molar-refractivity contribution in [3.8, 4) is 17.8 Å². The van der Waals surface area contributed by atoms with Gasteiger partial charge in [0.1, 0.15) is 5.75 Å². The minimum Gasteiger partial charge on any atom is -0.422 e. The Hall–Kier alpha value is -3.15. The smallest absolute Gasteiger partial charge is 0.361 e. The van der Waals surface area contributed by atoms with E-state index in [4.69, 9.17) is 10.00 Å². The predicted molar refractivity (Wildman–Crippen MR) is 77.3 cm³/mol. The first-order valence-corrected chi connectivity index (χ1v) is 6.49. The van der Waals surface area contributed by atoms with Gasteiger partial charge in [0.05, 0.1) is 19.0 Å². The number of amides is 2. The summed E-state index contributed by atoms with van der Waals surface area (Å²) in [5.41, 5.74) is 0.650. The number of anilines is 1. The van der Waals surface area contributed by atoms with Gasteiger partial charge in [0.25, 0.3) is 0 Å². The van der Waals surface area contributed by atoms with Crippen LogP contribution in [0.5, 0.6) is 11.8 Å². The molecule has 0 aliphatic heterocycles. The van der Waals surface area contributed by atoms with E-state index >= 15 is 0 Å². The topological polar surface area (TPSA) is 109 Å². The zero-order valence-electron chi connectivity index (χ0n) is 12.2. The molecule has 1 aromatic heterocycles. The number of urea groups is 1. The van der Waals surface area contributed by atoms with Crippen LogP contribution in [0.2, 0.25) is 0 Å². The van der Waals surface area contributed by atoms with Crippen LogP contribution in [0.4, 0.5) is 10.5 Å². The first-order chi connectivity index (χ1) is 10.6. The van der Waals surface area contributed by atoms with Crippen molar-refractivity contribution in [3.63, 3.8) is 0 Å². The molecular formula is C13H15N7O2. The molecule has 0 atom stereocenters. The highest BCUT2D eigenvalue weighted by atomic mass is 16.5. The minimum atomic E-state index is -0.212. The molecule has 0 radical (unpaired) electrons. The highest BCUT2D eigenvalue weighted by molar-refractivity contribution is 5.88. The number of ether oxygens (including phenoxy) is 1. The lowest BCUT2D eigenvalue weighted by Gasteiger charge is -2.12. The second kappa shape index (κ2) is 7.03. The molecule has 1 aromatic carbocycles. The number of nitrogens with one attached hydrogen (secondary N) is 1. The van der Waals surface area contributed by atoms with Gasteiger partial charge in [-0.3, -0.25) is 0 Å². The number of rotatable bonds is 5. The van der Waals surface area contributed by atoms with E-state index in [0.717, 1.165) is 0 Å². The first kappa shape index (κ1) is 15.2. The summed E-state index contributed by atoms with van der Waals surface area (Å²) >= 11 is 0. The van der Waals surface area contributed by atoms with E-state index in [1.165, 1.54) is 9.70 Å². The van der Waals surface area contributed by atoms with Crippen LogP contribution in [0.3, 0.4) is 0 Å². The molecule has 0 aliphatic rings. The van der Waals surface area contributed by atoms with Crippen molar-refractivity contribution in [2.24, 2.45) is 0 Å². The Morgan fingerprint density at radius 3 is 2.77 bits per heavy atom. The van der Waals surface area contributed by atoms with Crippen molar-refractivity contribution < 1.29 is 9.53 Å². The summed E-state index contributed by atoms with van der Waals surface area (Å²) in [7, 11) is 3.32. The van der Waals surface area contributed by atoms with E-state index in [9.17, 15) is 4.79 Å². The number of carbonyl (C=O) groups excluding carboxylic acids is 1. The average Bonchev–Trinajstić information content (AvgIpc) is 2.94. The summed E-state index contributed by atoms with van der Waals surface area (Å²) in [5, 5.41) is 22.7. The summed E-state index contributed by atoms with van der Waals surface area (Å²) in [4.78, 5) is 14.2. The van der Waals surface area contributed by atoms with E-state index < -0.39 is 0 Å². The number of hydrogen-bond acceptors (Lipinski definition) is 6. The standard InChI is InChI=1S/C13H15N7O2/c1-19(2)13(21)15-10-4-6-11(7-5-10)22-12-16-18-20(17-12)9-3-8-14/h4-7H,3,9H2,1-2H3,(H,15,21). The molecule has 2 aromatic rings. The number of carbonyl (C=O) groups is 1. The molecule has 0 spiro atoms. The Balaban J connectivity index is 1.95. The molecule has 9 nitrogen and oxygen atoms in total. The molecule has 1 N–H and O–H groups in total. The lowest BCUT2D eigenvalue weighted by atomic mass is 10.3. The quantitative estimate of drug-likeness (QED) is 0.895. The number of nitriles is 1. The Morgan fingerprint density at radius 2 is 2.14 bits per heavy atom. The summed E-state index contributed by atoms with van der Waals surface area (Å²) in [6.45, 7) is 0.363. The SMILES string of the molecule is CN(C)C(=O)Nc1ccc(Oc2nnn(CCC#N)n2)cc1. The molecule has 0 unspecified atom stereocenters. The molecule has 2 amide bonds. The van der Waals surface area contributed by atoms with Gasteiger partial charge < -0.3 is 15.0 Å². The third-order valence-corrected chi connectivity index (χ3v) is 2.58. The second-order valence-electron chi connectivity index (χ2n) is 4.53. The van der Waals surface area contributed by atoms with Crippen LogP contribution in [-0.2, 0) is 6.54 Å². The van der Waals surface area contributed by atoms with Gasteiger partial charge in [0, 0.05) is 19.8 Å². The van der Waals surface area contributed by atoms with Gasteiger partial charge in [-0.15, -0.1) is 0 Å². The highest BCUT2D eigenvalue weighted by Gasteiger charge is 2.07. The van der Waals surface area contributed by atoms with Crippen LogP contribution in [0.15, 0.2) is 24.3 Å². The molecule has 1 heterocycles. The van der Waals surface area contributed by atoms with Crippen LogP contribution in [0, 0.1) is 11.3 Å². The number of hydrogen-bond donors (Lipinski definition) is 1. The van der Waals surface area contributed by atoms with Crippen LogP contribution < -0.4 is 10.1 Å². The fourth-order valence-corrected chi connectivity index (χ4v) is 1.46. The summed E-state index contributed by atoms with van der Waals surface area (Å²) in [6, 6.07) is 8.66. The van der Waals surface area contributed by atoms with Gasteiger partial charge in [-0.25, -0.2) is 4.79 Å². The average molecular weight is 301 g/mol. The Labute approximate surface area is 127 Å². The summed E-state index contributed by atoms with van der Waals surface area (Å²) < 4.78 is 5.43. The largest absolute Gasteiger partial charge is 0.422 e. The molecule has 22 heavy (non-hydrogen) atoms. The normalized spacial score (nSPS) is 9.86. The maximum Gasteiger partial charge on any atom is 0.361 e. The van der Waals surface area contributed by atoms with Gasteiger partial charge in [-0.05, 0) is 29.5 Å². The molecule has 2 rings (SSSR count). The van der Waals surface area contributed by atoms with Crippen molar-refractivity contribution in [2.75, 3.05) is 19.4 Å². The van der Waals surface area contributed by atoms with Crippen molar-refractivity contribution in [1.29, 1.82) is 5.26 Å². The van der Waals surface area contributed by atoms with Gasteiger partial charge in [0.15, 0.2) is 0 Å². The number of nitrogens with zero attached hydrogens (tertiary/aromatic N) is 6. The molecule has 0 saturated carbocycles. The third-order valence-electron chi connectivity index (χ3n) is 2.58. The molecule has 0 fully saturated rings. The Bertz CT molecular complexity index is 672. The lowest BCUT2D eigenvalue weighted by molar-refractivity contribution is 0.230. The Morgan fingerprint density at radius 1 is 1.41 bits per heavy atom. The maximum absolute atomic E-state index is 11.5. The molecule has 0 bridgehead atoms. The summed E-state index contributed by atoms with van der Waals surface area (Å²) in [5.74, 6) is 0.516. The molecule has 9 heteroatoms. The van der Waals surface area contributed by atoms with Crippen LogP contribution in [-0.4, -0.2) is 45.2 Å². The highest BCUT2D eigenvalue weighted by Crippen LogP contribution is 2.19. The van der Waals surface area contributed by atoms with Gasteiger partial charge in [-0.1, -0.05) is 10.2 Å². The molecule has 114 valence electrons. The number of benzene rings is 1. The molecule has 0 aliphatic carbocycles. The first-order valence-electron chi connectivity index (χ1n) is 6.49. The second-order valence-corrected chi connectivity index (χ2v) is 4.53. The van der Waals surface area contributed by atoms with Crippen molar-refractivity contribution in [1.82, 2.24) is 25.1 Å². The summed E-state index contributed by atoms with van der Waals surface area (Å²) in [6.07, 6.45) is 0.302. The van der Waals surface area contributed by atoms with E-state index in [0.29, 0.717) is 24.4 Å². The van der Waals surface area contributed by atoms with E-state index in [1.54, 1.807) is 38.4 Å². The van der Waals surface area contributed by atoms with E-state index in [-0.39, 0.29) is 12.0 Å². The third kappa shape index (κ3) is 4.17. The maximum atomic E-state index is 11.5. The van der Waals surface area contributed by atoms with Gasteiger partial charge >= 0.3 is 12.0 Å². The van der Waals surface area contributed by atoms with Crippen molar-refractivity contribution in [2.45, 2.75) is 13.0 Å². The van der Waals surface area contributed by atoms with Crippen molar-refractivity contribution >= 4 is 11.7 Å². The van der Waals surface area contributed by atoms with Gasteiger partial charge in [0.2, 0.25) is 0 Å². The number of tetrazole rings is 1. The number of aromatic nitrogens is 4. The zero-order chi connectivity index (χ0) is 15.9. The fourth-order valence-electron chi connectivity index (χ4n) is 1.46.